The molecule has 0 bridgehead atoms. The van der Waals surface area contributed by atoms with Crippen LogP contribution in [0, 0.1) is 3.57 Å². The number of alkyl halides is 3. The van der Waals surface area contributed by atoms with Gasteiger partial charge in [0.2, 0.25) is 0 Å². The highest BCUT2D eigenvalue weighted by atomic mass is 127. The molecule has 0 aliphatic heterocycles. The van der Waals surface area contributed by atoms with Crippen LogP contribution in [-0.2, 0) is 5.33 Å². The van der Waals surface area contributed by atoms with Crippen LogP contribution in [0.3, 0.4) is 0 Å². The normalized spacial score (nSPS) is 10.7. The second-order valence-electron chi connectivity index (χ2n) is 2.59. The van der Waals surface area contributed by atoms with Crippen molar-refractivity contribution in [3.8, 4) is 0 Å². The van der Waals surface area contributed by atoms with Gasteiger partial charge < -0.3 is 5.11 Å². The van der Waals surface area contributed by atoms with Gasteiger partial charge in [0.25, 0.3) is 6.43 Å². The van der Waals surface area contributed by atoms with Crippen LogP contribution < -0.4 is 0 Å². The lowest BCUT2D eigenvalue weighted by Gasteiger charge is -2.09. The number of pyridine rings is 1. The molecule has 0 amide bonds. The molecule has 0 aliphatic rings. The van der Waals surface area contributed by atoms with Crippen molar-refractivity contribution in [2.75, 3.05) is 0 Å². The van der Waals surface area contributed by atoms with Crippen molar-refractivity contribution in [1.82, 2.24) is 4.98 Å². The van der Waals surface area contributed by atoms with Gasteiger partial charge in [-0.15, -0.1) is 0 Å². The van der Waals surface area contributed by atoms with Crippen molar-refractivity contribution in [1.29, 1.82) is 0 Å². The smallest absolute Gasteiger partial charge is 0.354 e. The number of hydrogen-bond donors (Lipinski definition) is 1. The molecule has 0 aromatic carbocycles. The van der Waals surface area contributed by atoms with E-state index in [1.165, 1.54) is 0 Å². The Morgan fingerprint density at radius 1 is 1.67 bits per heavy atom. The van der Waals surface area contributed by atoms with Crippen LogP contribution in [0.2, 0.25) is 0 Å². The lowest BCUT2D eigenvalue weighted by molar-refractivity contribution is 0.0689. The molecule has 1 aromatic rings. The summed E-state index contributed by atoms with van der Waals surface area (Å²) in [6.45, 7) is 0. The third-order valence-electron chi connectivity index (χ3n) is 1.65. The Bertz CT molecular complexity index is 400. The number of carbonyl (C=O) groups is 1. The molecular weight excluding hydrogens is 387 g/mol. The second-order valence-corrected chi connectivity index (χ2v) is 4.31. The first-order valence-corrected chi connectivity index (χ1v) is 5.94. The molecule has 0 spiro atoms. The van der Waals surface area contributed by atoms with Gasteiger partial charge in [-0.25, -0.2) is 18.6 Å². The summed E-state index contributed by atoms with van der Waals surface area (Å²) in [6.07, 6.45) is -2.65. The minimum absolute atomic E-state index is 0.0642. The number of aromatic carboxylic acids is 1. The number of halogens is 4. The van der Waals surface area contributed by atoms with E-state index in [1.54, 1.807) is 22.6 Å². The summed E-state index contributed by atoms with van der Waals surface area (Å²) >= 11 is 4.68. The van der Waals surface area contributed by atoms with E-state index in [0.717, 1.165) is 6.07 Å². The number of carboxylic acid groups (broad SMARTS) is 1. The maximum atomic E-state index is 12.6. The van der Waals surface area contributed by atoms with E-state index in [2.05, 4.69) is 20.9 Å². The molecule has 1 rings (SSSR count). The van der Waals surface area contributed by atoms with Crippen molar-refractivity contribution in [3.63, 3.8) is 0 Å². The molecule has 0 saturated heterocycles. The molecule has 3 nitrogen and oxygen atoms in total. The van der Waals surface area contributed by atoms with Crippen LogP contribution in [0.1, 0.15) is 28.2 Å². The zero-order valence-electron chi connectivity index (χ0n) is 7.18. The molecule has 1 N–H and O–H groups in total. The van der Waals surface area contributed by atoms with Crippen molar-refractivity contribution in [2.24, 2.45) is 0 Å². The third kappa shape index (κ3) is 2.83. The second kappa shape index (κ2) is 5.15. The van der Waals surface area contributed by atoms with Gasteiger partial charge in [-0.05, 0) is 28.7 Å². The number of aromatic nitrogens is 1. The molecule has 0 aliphatic carbocycles. The fourth-order valence-corrected chi connectivity index (χ4v) is 2.28. The van der Waals surface area contributed by atoms with Gasteiger partial charge in [-0.1, -0.05) is 15.9 Å². The molecule has 1 aromatic heterocycles. The number of hydrogen-bond acceptors (Lipinski definition) is 2. The minimum Gasteiger partial charge on any atom is -0.477 e. The molecule has 0 radical (unpaired) electrons. The van der Waals surface area contributed by atoms with E-state index in [-0.39, 0.29) is 25.9 Å². The van der Waals surface area contributed by atoms with Gasteiger partial charge >= 0.3 is 5.97 Å². The predicted octanol–water partition coefficient (Wildman–Crippen LogP) is 3.22. The monoisotopic (exact) mass is 391 g/mol. The molecule has 82 valence electrons. The van der Waals surface area contributed by atoms with Gasteiger partial charge in [-0.2, -0.15) is 0 Å². The largest absolute Gasteiger partial charge is 0.477 e. The van der Waals surface area contributed by atoms with E-state index in [4.69, 9.17) is 5.11 Å². The maximum Gasteiger partial charge on any atom is 0.354 e. The minimum atomic E-state index is -2.65. The van der Waals surface area contributed by atoms with Gasteiger partial charge in [0.05, 0.1) is 11.3 Å². The summed E-state index contributed by atoms with van der Waals surface area (Å²) in [5.41, 5.74) is -0.370. The topological polar surface area (TPSA) is 50.2 Å². The Kier molecular flexibility index (Phi) is 4.38. The van der Waals surface area contributed by atoms with Crippen LogP contribution >= 0.6 is 38.5 Å². The molecular formula is C8H5BrF2INO2. The first kappa shape index (κ1) is 12.8. The van der Waals surface area contributed by atoms with E-state index in [1.807, 2.05) is 0 Å². The number of rotatable bonds is 3. The highest BCUT2D eigenvalue weighted by Crippen LogP contribution is 2.28. The molecule has 0 saturated carbocycles. The summed E-state index contributed by atoms with van der Waals surface area (Å²) in [5, 5.41) is 8.79. The maximum absolute atomic E-state index is 12.6. The van der Waals surface area contributed by atoms with Crippen molar-refractivity contribution < 1.29 is 18.7 Å². The SMILES string of the molecule is O=C(O)c1cc(I)c(C(F)F)c(CBr)n1. The molecule has 1 heterocycles. The number of nitrogens with zero attached hydrogens (tertiary/aromatic N) is 1. The highest BCUT2D eigenvalue weighted by molar-refractivity contribution is 14.1. The zero-order valence-corrected chi connectivity index (χ0v) is 10.9. The summed E-state index contributed by atoms with van der Waals surface area (Å²) < 4.78 is 25.4. The molecule has 0 atom stereocenters. The first-order chi connectivity index (χ1) is 6.97. The van der Waals surface area contributed by atoms with E-state index in [0.29, 0.717) is 0 Å². The predicted molar refractivity (Wildman–Crippen MR) is 61.5 cm³/mol. The zero-order chi connectivity index (χ0) is 11.6. The van der Waals surface area contributed by atoms with Crippen LogP contribution in [-0.4, -0.2) is 16.1 Å². The average Bonchev–Trinajstić information content (AvgIpc) is 2.15. The quantitative estimate of drug-likeness (QED) is 0.635. The van der Waals surface area contributed by atoms with Crippen LogP contribution in [0.15, 0.2) is 6.07 Å². The summed E-state index contributed by atoms with van der Waals surface area (Å²) in [5.74, 6) is -1.23. The van der Waals surface area contributed by atoms with Gasteiger partial charge in [0.15, 0.2) is 0 Å². The highest BCUT2D eigenvalue weighted by Gasteiger charge is 2.20. The van der Waals surface area contributed by atoms with Crippen LogP contribution in [0.5, 0.6) is 0 Å². The van der Waals surface area contributed by atoms with E-state index in [9.17, 15) is 13.6 Å². The standard InChI is InChI=1S/C8H5BrF2INO2/c9-2-5-6(7(10)11)3(12)1-4(13-5)8(14)15/h1,7H,2H2,(H,14,15). The van der Waals surface area contributed by atoms with Crippen LogP contribution in [0.4, 0.5) is 8.78 Å². The fraction of sp³-hybridized carbons (Fsp3) is 0.250. The van der Waals surface area contributed by atoms with Gasteiger partial charge in [-0.3, -0.25) is 0 Å². The Hall–Kier alpha value is -0.310. The van der Waals surface area contributed by atoms with Gasteiger partial charge in [0, 0.05) is 8.90 Å². The lowest BCUT2D eigenvalue weighted by atomic mass is 10.2. The Balaban J connectivity index is 3.37. The third-order valence-corrected chi connectivity index (χ3v) is 3.07. The fourth-order valence-electron chi connectivity index (χ4n) is 1.02. The molecule has 0 unspecified atom stereocenters. The van der Waals surface area contributed by atoms with E-state index < -0.39 is 12.4 Å². The first-order valence-electron chi connectivity index (χ1n) is 3.74. The van der Waals surface area contributed by atoms with Crippen molar-refractivity contribution >= 4 is 44.5 Å². The van der Waals surface area contributed by atoms with Crippen molar-refractivity contribution in [2.45, 2.75) is 11.8 Å². The Labute approximate surface area is 106 Å². The summed E-state index contributed by atoms with van der Waals surface area (Å²) in [4.78, 5) is 14.3. The summed E-state index contributed by atoms with van der Waals surface area (Å²) in [7, 11) is 0. The van der Waals surface area contributed by atoms with Crippen LogP contribution in [0.25, 0.3) is 0 Å². The molecule has 7 heteroatoms. The summed E-state index contributed by atoms with van der Waals surface area (Å²) in [6, 6.07) is 1.14. The Morgan fingerprint density at radius 3 is 2.67 bits per heavy atom. The molecule has 15 heavy (non-hydrogen) atoms. The van der Waals surface area contributed by atoms with Gasteiger partial charge in [0.1, 0.15) is 5.69 Å². The Morgan fingerprint density at radius 2 is 2.27 bits per heavy atom. The molecule has 0 fully saturated rings. The van der Waals surface area contributed by atoms with E-state index >= 15 is 0 Å². The lowest BCUT2D eigenvalue weighted by Crippen LogP contribution is -2.07. The number of carboxylic acids is 1. The van der Waals surface area contributed by atoms with Crippen molar-refractivity contribution in [3.05, 3.63) is 26.6 Å². The average molecular weight is 392 g/mol.